The van der Waals surface area contributed by atoms with Crippen molar-refractivity contribution in [2.45, 2.75) is 13.5 Å². The number of anilines is 1. The molecule has 0 bridgehead atoms. The number of carbonyl (C=O) groups is 1. The lowest BCUT2D eigenvalue weighted by molar-refractivity contribution is 0.0526. The van der Waals surface area contributed by atoms with Gasteiger partial charge in [-0.1, -0.05) is 0 Å². The molecule has 3 aromatic rings. The molecule has 2 aromatic carbocycles. The predicted molar refractivity (Wildman–Crippen MR) is 102 cm³/mol. The van der Waals surface area contributed by atoms with Crippen LogP contribution in [0.2, 0.25) is 0 Å². The van der Waals surface area contributed by atoms with Gasteiger partial charge in [0.15, 0.2) is 0 Å². The molecule has 29 heavy (non-hydrogen) atoms. The van der Waals surface area contributed by atoms with Crippen LogP contribution in [0.15, 0.2) is 30.3 Å². The number of benzene rings is 2. The van der Waals surface area contributed by atoms with Crippen LogP contribution < -0.4 is 10.6 Å². The Kier molecular flexibility index (Phi) is 5.70. The summed E-state index contributed by atoms with van der Waals surface area (Å²) in [5.41, 5.74) is 0.815. The number of hydrogen-bond donors (Lipinski definition) is 3. The van der Waals surface area contributed by atoms with E-state index in [-0.39, 0.29) is 24.3 Å². The van der Waals surface area contributed by atoms with Crippen LogP contribution in [0.3, 0.4) is 0 Å². The van der Waals surface area contributed by atoms with Gasteiger partial charge in [0.1, 0.15) is 11.6 Å². The Balaban J connectivity index is 2.06. The molecular weight excluding hydrogens is 407 g/mol. The Bertz CT molecular complexity index is 1120. The Morgan fingerprint density at radius 2 is 1.90 bits per heavy atom. The lowest BCUT2D eigenvalue weighted by atomic mass is 10.1. The lowest BCUT2D eigenvalue weighted by Crippen LogP contribution is -2.13. The first-order chi connectivity index (χ1) is 13.7. The summed E-state index contributed by atoms with van der Waals surface area (Å²) in [5.74, 6) is -2.40. The number of aromatic nitrogens is 2. The van der Waals surface area contributed by atoms with Crippen LogP contribution >= 0.6 is 7.60 Å². The van der Waals surface area contributed by atoms with Crippen molar-refractivity contribution in [2.24, 2.45) is 0 Å². The number of imidazole rings is 1. The molecule has 0 aliphatic heterocycles. The van der Waals surface area contributed by atoms with Crippen molar-refractivity contribution in [1.29, 1.82) is 0 Å². The first-order valence-corrected chi connectivity index (χ1v) is 10.2. The second kappa shape index (κ2) is 7.90. The molecule has 0 radical (unpaired) electrons. The van der Waals surface area contributed by atoms with Crippen LogP contribution in [0.1, 0.15) is 22.8 Å². The molecule has 0 saturated carbocycles. The summed E-state index contributed by atoms with van der Waals surface area (Å²) in [6.07, 6.45) is 0. The van der Waals surface area contributed by atoms with E-state index in [2.05, 4.69) is 10.3 Å². The zero-order valence-corrected chi connectivity index (χ0v) is 16.4. The highest BCUT2D eigenvalue weighted by molar-refractivity contribution is 7.60. The highest BCUT2D eigenvalue weighted by atomic mass is 31.2. The predicted octanol–water partition coefficient (Wildman–Crippen LogP) is 2.38. The molecule has 0 amide bonds. The van der Waals surface area contributed by atoms with Gasteiger partial charge in [-0.2, -0.15) is 0 Å². The molecule has 0 unspecified atom stereocenters. The number of ether oxygens (including phenoxy) is 1. The zero-order valence-electron chi connectivity index (χ0n) is 15.5. The third kappa shape index (κ3) is 4.14. The molecule has 0 aliphatic rings. The lowest BCUT2D eigenvalue weighted by Gasteiger charge is -2.12. The number of fused-ring (bicyclic) bond motifs is 1. The van der Waals surface area contributed by atoms with E-state index in [1.807, 2.05) is 0 Å². The van der Waals surface area contributed by atoms with Crippen molar-refractivity contribution in [3.05, 3.63) is 53.1 Å². The number of nitrogens with one attached hydrogen (secondary N) is 1. The Morgan fingerprint density at radius 3 is 2.45 bits per heavy atom. The van der Waals surface area contributed by atoms with E-state index in [1.165, 1.54) is 16.7 Å². The standard InChI is InChI=1S/C18H18F2N3O5P/c1-3-28-17(24)10-4-5-16-15(6-10)22-18(21-2)23(16)9-12-13(19)7-11(8-14(12)20)29(25,26)27/h4-8H,3,9H2,1-2H3,(H,21,22)(H2,25,26,27). The summed E-state index contributed by atoms with van der Waals surface area (Å²) >= 11 is 0. The molecule has 0 atom stereocenters. The maximum atomic E-state index is 14.4. The first-order valence-electron chi connectivity index (χ1n) is 8.55. The summed E-state index contributed by atoms with van der Waals surface area (Å²) in [7, 11) is -3.22. The summed E-state index contributed by atoms with van der Waals surface area (Å²) in [4.78, 5) is 34.5. The van der Waals surface area contributed by atoms with Crippen LogP contribution in [0.4, 0.5) is 14.7 Å². The smallest absolute Gasteiger partial charge is 0.356 e. The number of rotatable bonds is 6. The highest BCUT2D eigenvalue weighted by Gasteiger charge is 2.23. The Labute approximate surface area is 164 Å². The number of carbonyl (C=O) groups excluding carboxylic acids is 1. The van der Waals surface area contributed by atoms with Gasteiger partial charge in [0, 0.05) is 12.6 Å². The monoisotopic (exact) mass is 425 g/mol. The van der Waals surface area contributed by atoms with Crippen LogP contribution in [0, 0.1) is 11.6 Å². The SMILES string of the molecule is CCOC(=O)c1ccc2c(c1)nc(NC)n2Cc1c(F)cc(P(=O)(O)O)cc1F. The van der Waals surface area contributed by atoms with Crippen molar-refractivity contribution in [1.82, 2.24) is 9.55 Å². The van der Waals surface area contributed by atoms with Gasteiger partial charge in [0.05, 0.1) is 35.1 Å². The molecule has 0 spiro atoms. The minimum atomic E-state index is -4.79. The fourth-order valence-corrected chi connectivity index (χ4v) is 3.45. The summed E-state index contributed by atoms with van der Waals surface area (Å²) < 4.78 is 46.6. The fraction of sp³-hybridized carbons (Fsp3) is 0.222. The van der Waals surface area contributed by atoms with Gasteiger partial charge in [0.25, 0.3) is 0 Å². The molecule has 0 fully saturated rings. The third-order valence-corrected chi connectivity index (χ3v) is 5.19. The van der Waals surface area contributed by atoms with Crippen LogP contribution in [0.5, 0.6) is 0 Å². The Hall–Kier alpha value is -2.81. The van der Waals surface area contributed by atoms with Crippen molar-refractivity contribution in [3.63, 3.8) is 0 Å². The second-order valence-electron chi connectivity index (χ2n) is 6.13. The van der Waals surface area contributed by atoms with Crippen molar-refractivity contribution in [2.75, 3.05) is 19.0 Å². The quantitative estimate of drug-likeness (QED) is 0.411. The van der Waals surface area contributed by atoms with E-state index < -0.39 is 30.5 Å². The van der Waals surface area contributed by atoms with Gasteiger partial charge in [-0.15, -0.1) is 0 Å². The van der Waals surface area contributed by atoms with E-state index in [0.717, 1.165) is 0 Å². The van der Waals surface area contributed by atoms with Crippen LogP contribution in [-0.4, -0.2) is 39.0 Å². The molecule has 8 nitrogen and oxygen atoms in total. The van der Waals surface area contributed by atoms with Gasteiger partial charge < -0.3 is 24.4 Å². The van der Waals surface area contributed by atoms with Crippen molar-refractivity contribution in [3.8, 4) is 0 Å². The topological polar surface area (TPSA) is 114 Å². The number of esters is 1. The second-order valence-corrected chi connectivity index (χ2v) is 7.73. The average molecular weight is 425 g/mol. The van der Waals surface area contributed by atoms with E-state index in [0.29, 0.717) is 29.1 Å². The van der Waals surface area contributed by atoms with Crippen molar-refractivity contribution >= 4 is 35.9 Å². The summed E-state index contributed by atoms with van der Waals surface area (Å²) in [6, 6.07) is 5.84. The van der Waals surface area contributed by atoms with E-state index in [9.17, 15) is 18.1 Å². The van der Waals surface area contributed by atoms with Crippen LogP contribution in [0.25, 0.3) is 11.0 Å². The number of halogens is 2. The normalized spacial score (nSPS) is 11.7. The largest absolute Gasteiger partial charge is 0.462 e. The maximum Gasteiger partial charge on any atom is 0.356 e. The average Bonchev–Trinajstić information content (AvgIpc) is 3.00. The maximum absolute atomic E-state index is 14.4. The van der Waals surface area contributed by atoms with Gasteiger partial charge in [0.2, 0.25) is 5.95 Å². The summed E-state index contributed by atoms with van der Waals surface area (Å²) in [6.45, 7) is 1.62. The van der Waals surface area contributed by atoms with Gasteiger partial charge >= 0.3 is 13.6 Å². The zero-order chi connectivity index (χ0) is 21.3. The minimum absolute atomic E-state index is 0.218. The summed E-state index contributed by atoms with van der Waals surface area (Å²) in [5, 5.41) is 2.08. The molecule has 1 aromatic heterocycles. The highest BCUT2D eigenvalue weighted by Crippen LogP contribution is 2.34. The minimum Gasteiger partial charge on any atom is -0.462 e. The van der Waals surface area contributed by atoms with E-state index in [4.69, 9.17) is 14.5 Å². The molecule has 0 saturated heterocycles. The van der Waals surface area contributed by atoms with Gasteiger partial charge in [-0.3, -0.25) is 4.57 Å². The molecule has 11 heteroatoms. The first kappa shape index (κ1) is 20.9. The van der Waals surface area contributed by atoms with Gasteiger partial charge in [-0.05, 0) is 37.3 Å². The molecule has 0 aliphatic carbocycles. The molecule has 154 valence electrons. The molecule has 3 rings (SSSR count). The van der Waals surface area contributed by atoms with Gasteiger partial charge in [-0.25, -0.2) is 18.6 Å². The molecule has 3 N–H and O–H groups in total. The fourth-order valence-electron chi connectivity index (χ4n) is 2.89. The van der Waals surface area contributed by atoms with E-state index in [1.54, 1.807) is 20.0 Å². The van der Waals surface area contributed by atoms with Crippen molar-refractivity contribution < 1.29 is 32.7 Å². The molecule has 1 heterocycles. The van der Waals surface area contributed by atoms with E-state index >= 15 is 0 Å². The number of nitrogens with zero attached hydrogens (tertiary/aromatic N) is 2. The third-order valence-electron chi connectivity index (χ3n) is 4.26. The Morgan fingerprint density at radius 1 is 1.24 bits per heavy atom. The molecular formula is C18H18F2N3O5P. The van der Waals surface area contributed by atoms with Crippen LogP contribution in [-0.2, 0) is 15.8 Å². The number of hydrogen-bond acceptors (Lipinski definition) is 5.